The Morgan fingerprint density at radius 1 is 1.26 bits per heavy atom. The maximum absolute atomic E-state index is 12.7. The van der Waals surface area contributed by atoms with E-state index in [4.69, 9.17) is 9.47 Å². The van der Waals surface area contributed by atoms with Crippen molar-refractivity contribution < 1.29 is 19.1 Å². The minimum Gasteiger partial charge on any atom is -0.464 e. The van der Waals surface area contributed by atoms with E-state index in [1.807, 2.05) is 22.8 Å². The third kappa shape index (κ3) is 3.94. The average Bonchev–Trinajstić information content (AvgIpc) is 3.04. The van der Waals surface area contributed by atoms with Crippen molar-refractivity contribution in [3.05, 3.63) is 42.1 Å². The zero-order valence-corrected chi connectivity index (χ0v) is 16.0. The van der Waals surface area contributed by atoms with Crippen LogP contribution in [0, 0.1) is 0 Å². The lowest BCUT2D eigenvalue weighted by Gasteiger charge is -2.34. The van der Waals surface area contributed by atoms with Gasteiger partial charge in [-0.05, 0) is 39.8 Å². The van der Waals surface area contributed by atoms with Gasteiger partial charge in [0, 0.05) is 19.2 Å². The summed E-state index contributed by atoms with van der Waals surface area (Å²) in [6.07, 6.45) is 3.29. The quantitative estimate of drug-likeness (QED) is 0.770. The van der Waals surface area contributed by atoms with E-state index >= 15 is 0 Å². The monoisotopic (exact) mass is 372 g/mol. The lowest BCUT2D eigenvalue weighted by Crippen LogP contribution is -2.46. The van der Waals surface area contributed by atoms with Crippen LogP contribution in [0.25, 0.3) is 5.82 Å². The highest BCUT2D eigenvalue weighted by Crippen LogP contribution is 2.32. The molecule has 1 atom stereocenters. The summed E-state index contributed by atoms with van der Waals surface area (Å²) < 4.78 is 12.5. The molecule has 0 N–H and O–H groups in total. The number of carbonyl (C=O) groups excluding carboxylic acids is 2. The molecule has 8 heteroatoms. The van der Waals surface area contributed by atoms with Crippen molar-refractivity contribution >= 4 is 12.1 Å². The van der Waals surface area contributed by atoms with Crippen LogP contribution in [0.2, 0.25) is 0 Å². The van der Waals surface area contributed by atoms with Crippen molar-refractivity contribution in [1.82, 2.24) is 19.4 Å². The molecule has 0 fully saturated rings. The molecule has 2 aromatic heterocycles. The number of esters is 1. The van der Waals surface area contributed by atoms with Crippen LogP contribution in [-0.4, -0.2) is 50.3 Å². The van der Waals surface area contributed by atoms with Crippen molar-refractivity contribution in [2.24, 2.45) is 0 Å². The molecule has 0 saturated carbocycles. The molecular weight excluding hydrogens is 348 g/mol. The minimum absolute atomic E-state index is 0.216. The van der Waals surface area contributed by atoms with E-state index in [2.05, 4.69) is 9.97 Å². The largest absolute Gasteiger partial charge is 0.464 e. The van der Waals surface area contributed by atoms with Crippen LogP contribution in [0.5, 0.6) is 0 Å². The number of amides is 1. The molecule has 0 saturated heterocycles. The van der Waals surface area contributed by atoms with Crippen LogP contribution in [0.15, 0.2) is 30.7 Å². The summed E-state index contributed by atoms with van der Waals surface area (Å²) in [4.78, 5) is 35.5. The first-order valence-electron chi connectivity index (χ1n) is 8.95. The molecule has 8 nitrogen and oxygen atoms in total. The highest BCUT2D eigenvalue weighted by molar-refractivity contribution is 5.83. The van der Waals surface area contributed by atoms with E-state index in [0.717, 1.165) is 5.69 Å². The SMILES string of the molecule is CCOC(=O)C1c2ncn(-c3ccccn3)c2CCN1C(=O)OC(C)(C)C. The van der Waals surface area contributed by atoms with Gasteiger partial charge in [0.1, 0.15) is 17.7 Å². The second kappa shape index (κ2) is 7.38. The third-order valence-corrected chi connectivity index (χ3v) is 4.09. The minimum atomic E-state index is -0.937. The highest BCUT2D eigenvalue weighted by Gasteiger charge is 2.41. The average molecular weight is 372 g/mol. The number of hydrogen-bond acceptors (Lipinski definition) is 6. The number of rotatable bonds is 3. The summed E-state index contributed by atoms with van der Waals surface area (Å²) in [6.45, 7) is 7.63. The molecule has 1 amide bonds. The number of pyridine rings is 1. The maximum atomic E-state index is 12.7. The number of fused-ring (bicyclic) bond motifs is 1. The summed E-state index contributed by atoms with van der Waals surface area (Å²) >= 11 is 0. The van der Waals surface area contributed by atoms with Gasteiger partial charge in [0.25, 0.3) is 0 Å². The van der Waals surface area contributed by atoms with Gasteiger partial charge in [0.05, 0.1) is 18.0 Å². The fraction of sp³-hybridized carbons (Fsp3) is 0.474. The maximum Gasteiger partial charge on any atom is 0.411 e. The Labute approximate surface area is 158 Å². The molecule has 0 aromatic carbocycles. The molecule has 0 spiro atoms. The Morgan fingerprint density at radius 3 is 2.67 bits per heavy atom. The molecule has 0 aliphatic carbocycles. The Morgan fingerprint density at radius 2 is 2.04 bits per heavy atom. The lowest BCUT2D eigenvalue weighted by atomic mass is 10.0. The van der Waals surface area contributed by atoms with E-state index in [-0.39, 0.29) is 6.61 Å². The molecule has 2 aromatic rings. The normalized spacial score (nSPS) is 16.6. The summed E-state index contributed by atoms with van der Waals surface area (Å²) in [6, 6.07) is 4.64. The van der Waals surface area contributed by atoms with Crippen LogP contribution in [-0.2, 0) is 20.7 Å². The van der Waals surface area contributed by atoms with Crippen molar-refractivity contribution in [3.8, 4) is 5.82 Å². The van der Waals surface area contributed by atoms with Gasteiger partial charge < -0.3 is 9.47 Å². The van der Waals surface area contributed by atoms with Crippen LogP contribution in [0.3, 0.4) is 0 Å². The number of imidazole rings is 1. The van der Waals surface area contributed by atoms with Crippen molar-refractivity contribution in [3.63, 3.8) is 0 Å². The van der Waals surface area contributed by atoms with Crippen LogP contribution < -0.4 is 0 Å². The summed E-state index contributed by atoms with van der Waals surface area (Å²) in [5.74, 6) is 0.190. The van der Waals surface area contributed by atoms with Gasteiger partial charge >= 0.3 is 12.1 Å². The molecular formula is C19H24N4O4. The number of aromatic nitrogens is 3. The number of hydrogen-bond donors (Lipinski definition) is 0. The zero-order valence-electron chi connectivity index (χ0n) is 16.0. The molecule has 3 rings (SSSR count). The molecule has 3 heterocycles. The van der Waals surface area contributed by atoms with Crippen LogP contribution >= 0.6 is 0 Å². The van der Waals surface area contributed by atoms with E-state index in [1.165, 1.54) is 4.90 Å². The Hall–Kier alpha value is -2.90. The fourth-order valence-corrected chi connectivity index (χ4v) is 3.04. The predicted molar refractivity (Wildman–Crippen MR) is 97.4 cm³/mol. The van der Waals surface area contributed by atoms with E-state index in [0.29, 0.717) is 24.5 Å². The van der Waals surface area contributed by atoms with Gasteiger partial charge in [-0.3, -0.25) is 9.47 Å². The van der Waals surface area contributed by atoms with Gasteiger partial charge in [-0.2, -0.15) is 0 Å². The Kier molecular flexibility index (Phi) is 5.16. The Balaban J connectivity index is 1.99. The molecule has 1 aliphatic heterocycles. The van der Waals surface area contributed by atoms with E-state index < -0.39 is 23.7 Å². The first-order chi connectivity index (χ1) is 12.8. The third-order valence-electron chi connectivity index (χ3n) is 4.09. The van der Waals surface area contributed by atoms with Gasteiger partial charge in [-0.1, -0.05) is 6.07 Å². The summed E-state index contributed by atoms with van der Waals surface area (Å²) in [7, 11) is 0. The van der Waals surface area contributed by atoms with Crippen molar-refractivity contribution in [1.29, 1.82) is 0 Å². The van der Waals surface area contributed by atoms with Crippen LogP contribution in [0.1, 0.15) is 45.1 Å². The van der Waals surface area contributed by atoms with E-state index in [9.17, 15) is 9.59 Å². The second-order valence-electron chi connectivity index (χ2n) is 7.21. The van der Waals surface area contributed by atoms with E-state index in [1.54, 1.807) is 40.2 Å². The van der Waals surface area contributed by atoms with Crippen molar-refractivity contribution in [2.45, 2.75) is 45.8 Å². The number of ether oxygens (including phenoxy) is 2. The molecule has 1 unspecified atom stereocenters. The molecule has 0 bridgehead atoms. The Bertz CT molecular complexity index is 826. The molecule has 0 radical (unpaired) electrons. The van der Waals surface area contributed by atoms with Gasteiger partial charge in [-0.15, -0.1) is 0 Å². The topological polar surface area (TPSA) is 86.5 Å². The highest BCUT2D eigenvalue weighted by atomic mass is 16.6. The smallest absolute Gasteiger partial charge is 0.411 e. The number of nitrogens with zero attached hydrogens (tertiary/aromatic N) is 4. The first-order valence-corrected chi connectivity index (χ1v) is 8.95. The molecule has 144 valence electrons. The standard InChI is InChI=1S/C19H24N4O4/c1-5-26-17(24)16-15-13(9-11-22(16)18(25)27-19(2,3)4)23(12-21-15)14-8-6-7-10-20-14/h6-8,10,12,16H,5,9,11H2,1-4H3. The van der Waals surface area contributed by atoms with Gasteiger partial charge in [-0.25, -0.2) is 19.6 Å². The first kappa shape index (κ1) is 18.9. The summed E-state index contributed by atoms with van der Waals surface area (Å²) in [5.41, 5.74) is 0.673. The molecule has 1 aliphatic rings. The molecule has 27 heavy (non-hydrogen) atoms. The summed E-state index contributed by atoms with van der Waals surface area (Å²) in [5, 5.41) is 0. The lowest BCUT2D eigenvalue weighted by molar-refractivity contribution is -0.150. The predicted octanol–water partition coefficient (Wildman–Crippen LogP) is 2.66. The van der Waals surface area contributed by atoms with Crippen LogP contribution in [0.4, 0.5) is 4.79 Å². The number of carbonyl (C=O) groups is 2. The van der Waals surface area contributed by atoms with Crippen molar-refractivity contribution in [2.75, 3.05) is 13.2 Å². The zero-order chi connectivity index (χ0) is 19.6. The fourth-order valence-electron chi connectivity index (χ4n) is 3.04. The second-order valence-corrected chi connectivity index (χ2v) is 7.21. The van der Waals surface area contributed by atoms with Gasteiger partial charge in [0.15, 0.2) is 6.04 Å². The van der Waals surface area contributed by atoms with Gasteiger partial charge in [0.2, 0.25) is 0 Å².